The Balaban J connectivity index is 2.35. The molecule has 102 valence electrons. The molecule has 0 aromatic heterocycles. The Labute approximate surface area is 119 Å². The van der Waals surface area contributed by atoms with Crippen LogP contribution in [0.2, 0.25) is 0 Å². The number of benzene rings is 2. The highest BCUT2D eigenvalue weighted by Gasteiger charge is 2.14. The molecule has 2 aromatic carbocycles. The fraction of sp³-hybridized carbons (Fsp3) is 0.0714. The number of hydrogen-bond acceptors (Lipinski definition) is 5. The number of ether oxygens (including phenoxy) is 1. The van der Waals surface area contributed by atoms with Crippen LogP contribution in [-0.2, 0) is 0 Å². The molecule has 0 bridgehead atoms. The second kappa shape index (κ2) is 6.21. The van der Waals surface area contributed by atoms with Gasteiger partial charge in [0.1, 0.15) is 5.75 Å². The van der Waals surface area contributed by atoms with Crippen LogP contribution in [0, 0.1) is 10.1 Å². The molecule has 0 saturated heterocycles. The molecule has 0 amide bonds. The third kappa shape index (κ3) is 2.97. The summed E-state index contributed by atoms with van der Waals surface area (Å²) in [5.74, 6) is 0.712. The van der Waals surface area contributed by atoms with Crippen molar-refractivity contribution >= 4 is 23.7 Å². The highest BCUT2D eigenvalue weighted by molar-refractivity contribution is 7.99. The fourth-order valence-corrected chi connectivity index (χ4v) is 2.66. The summed E-state index contributed by atoms with van der Waals surface area (Å²) in [5.41, 5.74) is -0.126. The first-order chi connectivity index (χ1) is 9.65. The van der Waals surface area contributed by atoms with Crippen LogP contribution in [0.5, 0.6) is 5.75 Å². The highest BCUT2D eigenvalue weighted by atomic mass is 32.2. The first kappa shape index (κ1) is 14.1. The van der Waals surface area contributed by atoms with E-state index in [-0.39, 0.29) is 11.3 Å². The van der Waals surface area contributed by atoms with Crippen LogP contribution in [0.25, 0.3) is 0 Å². The Kier molecular flexibility index (Phi) is 4.37. The van der Waals surface area contributed by atoms with Crippen LogP contribution in [0.1, 0.15) is 10.4 Å². The monoisotopic (exact) mass is 289 g/mol. The normalized spacial score (nSPS) is 10.1. The smallest absolute Gasteiger partial charge is 0.279 e. The first-order valence-corrected chi connectivity index (χ1v) is 6.52. The summed E-state index contributed by atoms with van der Waals surface area (Å²) in [6.07, 6.45) is 0.490. The molecule has 0 heterocycles. The SMILES string of the molecule is COc1ccccc1Sc1ccc([N+](=O)[O-])c(C=O)c1. The van der Waals surface area contributed by atoms with Gasteiger partial charge in [-0.2, -0.15) is 0 Å². The molecule has 2 rings (SSSR count). The van der Waals surface area contributed by atoms with Crippen LogP contribution < -0.4 is 4.74 Å². The second-order valence-electron chi connectivity index (χ2n) is 3.85. The molecule has 0 aliphatic carbocycles. The molecular formula is C14H11NO4S. The van der Waals surface area contributed by atoms with Gasteiger partial charge in [-0.25, -0.2) is 0 Å². The lowest BCUT2D eigenvalue weighted by atomic mass is 10.2. The summed E-state index contributed by atoms with van der Waals surface area (Å²) in [4.78, 5) is 22.7. The first-order valence-electron chi connectivity index (χ1n) is 5.70. The van der Waals surface area contributed by atoms with E-state index in [4.69, 9.17) is 4.74 Å². The molecule has 6 heteroatoms. The van der Waals surface area contributed by atoms with Gasteiger partial charge in [0.2, 0.25) is 0 Å². The van der Waals surface area contributed by atoms with Crippen molar-refractivity contribution in [2.45, 2.75) is 9.79 Å². The van der Waals surface area contributed by atoms with Gasteiger partial charge < -0.3 is 4.74 Å². The van der Waals surface area contributed by atoms with Crippen LogP contribution in [0.15, 0.2) is 52.3 Å². The van der Waals surface area contributed by atoms with Crippen LogP contribution >= 0.6 is 11.8 Å². The average molecular weight is 289 g/mol. The Hall–Kier alpha value is -2.34. The minimum atomic E-state index is -0.568. The highest BCUT2D eigenvalue weighted by Crippen LogP contribution is 2.36. The third-order valence-electron chi connectivity index (χ3n) is 2.62. The van der Waals surface area contributed by atoms with Gasteiger partial charge in [0.15, 0.2) is 6.29 Å². The Morgan fingerprint density at radius 3 is 2.65 bits per heavy atom. The van der Waals surface area contributed by atoms with Gasteiger partial charge in [-0.05, 0) is 24.3 Å². The number of para-hydroxylation sites is 1. The van der Waals surface area contributed by atoms with E-state index < -0.39 is 4.92 Å². The topological polar surface area (TPSA) is 69.4 Å². The van der Waals surface area contributed by atoms with Crippen LogP contribution in [-0.4, -0.2) is 18.3 Å². The van der Waals surface area contributed by atoms with E-state index in [0.29, 0.717) is 12.0 Å². The molecule has 5 nitrogen and oxygen atoms in total. The molecule has 0 N–H and O–H groups in total. The van der Waals surface area contributed by atoms with E-state index in [1.54, 1.807) is 13.2 Å². The van der Waals surface area contributed by atoms with Crippen molar-refractivity contribution in [3.63, 3.8) is 0 Å². The zero-order chi connectivity index (χ0) is 14.5. The Morgan fingerprint density at radius 1 is 1.25 bits per heavy atom. The number of carbonyl (C=O) groups excluding carboxylic acids is 1. The van der Waals surface area contributed by atoms with E-state index >= 15 is 0 Å². The maximum absolute atomic E-state index is 10.9. The van der Waals surface area contributed by atoms with Gasteiger partial charge in [-0.3, -0.25) is 14.9 Å². The number of nitro benzene ring substituents is 1. The summed E-state index contributed by atoms with van der Waals surface area (Å²) in [6, 6.07) is 11.9. The van der Waals surface area contributed by atoms with Gasteiger partial charge in [-0.1, -0.05) is 23.9 Å². The number of nitrogens with zero attached hydrogens (tertiary/aromatic N) is 1. The van der Waals surface area contributed by atoms with Crippen molar-refractivity contribution in [2.24, 2.45) is 0 Å². The molecule has 0 aliphatic heterocycles. The van der Waals surface area contributed by atoms with E-state index in [0.717, 1.165) is 9.79 Å². The van der Waals surface area contributed by atoms with Gasteiger partial charge >= 0.3 is 0 Å². The van der Waals surface area contributed by atoms with E-state index in [1.807, 2.05) is 24.3 Å². The minimum absolute atomic E-state index is 0.0647. The number of nitro groups is 1. The van der Waals surface area contributed by atoms with Crippen molar-refractivity contribution < 1.29 is 14.5 Å². The molecule has 0 fully saturated rings. The van der Waals surface area contributed by atoms with Gasteiger partial charge in [0, 0.05) is 11.0 Å². The fourth-order valence-electron chi connectivity index (χ4n) is 1.69. The van der Waals surface area contributed by atoms with Crippen molar-refractivity contribution in [1.82, 2.24) is 0 Å². The molecule has 0 aliphatic rings. The molecule has 2 aromatic rings. The summed E-state index contributed by atoms with van der Waals surface area (Å²) < 4.78 is 5.24. The molecular weight excluding hydrogens is 278 g/mol. The van der Waals surface area contributed by atoms with Crippen molar-refractivity contribution in [3.05, 3.63) is 58.1 Å². The zero-order valence-corrected chi connectivity index (χ0v) is 11.4. The van der Waals surface area contributed by atoms with Gasteiger partial charge in [-0.15, -0.1) is 0 Å². The maximum atomic E-state index is 10.9. The van der Waals surface area contributed by atoms with Crippen molar-refractivity contribution in [2.75, 3.05) is 7.11 Å². The lowest BCUT2D eigenvalue weighted by Gasteiger charge is -2.07. The quantitative estimate of drug-likeness (QED) is 0.478. The van der Waals surface area contributed by atoms with Crippen LogP contribution in [0.3, 0.4) is 0 Å². The third-order valence-corrected chi connectivity index (χ3v) is 3.67. The standard InChI is InChI=1S/C14H11NO4S/c1-19-13-4-2-3-5-14(13)20-11-6-7-12(15(17)18)10(8-11)9-16/h2-9H,1H3. The number of carbonyl (C=O) groups is 1. The minimum Gasteiger partial charge on any atom is -0.496 e. The predicted octanol–water partition coefficient (Wildman–Crippen LogP) is 3.57. The van der Waals surface area contributed by atoms with E-state index in [9.17, 15) is 14.9 Å². The summed E-state index contributed by atoms with van der Waals surface area (Å²) in [7, 11) is 1.58. The lowest BCUT2D eigenvalue weighted by molar-refractivity contribution is -0.385. The average Bonchev–Trinajstić information content (AvgIpc) is 2.47. The summed E-state index contributed by atoms with van der Waals surface area (Å²) in [6.45, 7) is 0. The van der Waals surface area contributed by atoms with E-state index in [1.165, 1.54) is 23.9 Å². The number of aldehydes is 1. The zero-order valence-electron chi connectivity index (χ0n) is 10.6. The largest absolute Gasteiger partial charge is 0.496 e. The Morgan fingerprint density at radius 2 is 2.00 bits per heavy atom. The number of methoxy groups -OCH3 is 1. The maximum Gasteiger partial charge on any atom is 0.279 e. The van der Waals surface area contributed by atoms with Crippen LogP contribution in [0.4, 0.5) is 5.69 Å². The molecule has 0 spiro atoms. The molecule has 0 atom stereocenters. The lowest BCUT2D eigenvalue weighted by Crippen LogP contribution is -1.94. The second-order valence-corrected chi connectivity index (χ2v) is 4.96. The number of hydrogen-bond donors (Lipinski definition) is 0. The molecule has 20 heavy (non-hydrogen) atoms. The van der Waals surface area contributed by atoms with Gasteiger partial charge in [0.25, 0.3) is 5.69 Å². The molecule has 0 unspecified atom stereocenters. The van der Waals surface area contributed by atoms with E-state index in [2.05, 4.69) is 0 Å². The summed E-state index contributed by atoms with van der Waals surface area (Å²) >= 11 is 1.38. The van der Waals surface area contributed by atoms with Crippen molar-refractivity contribution in [3.8, 4) is 5.75 Å². The number of rotatable bonds is 5. The molecule has 0 saturated carbocycles. The Bertz CT molecular complexity index is 657. The van der Waals surface area contributed by atoms with Crippen molar-refractivity contribution in [1.29, 1.82) is 0 Å². The predicted molar refractivity (Wildman–Crippen MR) is 75.6 cm³/mol. The molecule has 0 radical (unpaired) electrons. The summed E-state index contributed by atoms with van der Waals surface area (Å²) in [5, 5.41) is 10.8. The van der Waals surface area contributed by atoms with Gasteiger partial charge in [0.05, 0.1) is 22.5 Å².